The lowest BCUT2D eigenvalue weighted by molar-refractivity contribution is -0.136. The van der Waals surface area contributed by atoms with Crippen molar-refractivity contribution in [1.29, 1.82) is 0 Å². The van der Waals surface area contributed by atoms with Crippen molar-refractivity contribution in [3.05, 3.63) is 23.5 Å². The van der Waals surface area contributed by atoms with E-state index in [1.165, 1.54) is 12.0 Å². The zero-order chi connectivity index (χ0) is 23.0. The van der Waals surface area contributed by atoms with Crippen LogP contribution in [0.5, 0.6) is 0 Å². The predicted molar refractivity (Wildman–Crippen MR) is 129 cm³/mol. The van der Waals surface area contributed by atoms with Gasteiger partial charge in [0.15, 0.2) is 8.32 Å². The Balaban J connectivity index is 1.80. The van der Waals surface area contributed by atoms with Gasteiger partial charge in [-0.05, 0) is 97.4 Å². The highest BCUT2D eigenvalue weighted by Gasteiger charge is 2.63. The van der Waals surface area contributed by atoms with Crippen LogP contribution in [-0.2, 0) is 9.22 Å². The van der Waals surface area contributed by atoms with E-state index in [0.29, 0.717) is 29.3 Å². The fourth-order valence-electron chi connectivity index (χ4n) is 7.74. The van der Waals surface area contributed by atoms with Crippen LogP contribution >= 0.6 is 0 Å². The fraction of sp³-hybridized carbons (Fsp3) is 0.815. The smallest absolute Gasteiger partial charge is 0.192 e. The maximum Gasteiger partial charge on any atom is 0.192 e. The maximum absolute atomic E-state index is 12.7. The van der Waals surface area contributed by atoms with E-state index in [1.807, 2.05) is 13.0 Å². The highest BCUT2D eigenvalue weighted by Crippen LogP contribution is 2.67. The molecule has 0 aliphatic heterocycles. The highest BCUT2D eigenvalue weighted by molar-refractivity contribution is 6.74. The molecule has 2 saturated carbocycles. The Bertz CT molecular complexity index is 819. The number of Topliss-reactive ketones (excluding diaryl/α,β-unsaturated/α-hetero) is 1. The maximum atomic E-state index is 12.7. The molecular formula is C27H44O3Si. The summed E-state index contributed by atoms with van der Waals surface area (Å²) in [5, 5.41) is 10.4. The van der Waals surface area contributed by atoms with Crippen LogP contribution in [0.2, 0.25) is 18.1 Å². The summed E-state index contributed by atoms with van der Waals surface area (Å²) in [5.41, 5.74) is 1.43. The van der Waals surface area contributed by atoms with Gasteiger partial charge >= 0.3 is 0 Å². The Morgan fingerprint density at radius 3 is 2.52 bits per heavy atom. The average molecular weight is 445 g/mol. The zero-order valence-corrected chi connectivity index (χ0v) is 22.0. The van der Waals surface area contributed by atoms with E-state index < -0.39 is 8.32 Å². The van der Waals surface area contributed by atoms with Crippen LogP contribution in [-0.4, -0.2) is 25.3 Å². The molecule has 31 heavy (non-hydrogen) atoms. The quantitative estimate of drug-likeness (QED) is 0.468. The molecule has 0 bridgehead atoms. The first-order valence-electron chi connectivity index (χ1n) is 12.5. The first kappa shape index (κ1) is 23.3. The molecule has 0 radical (unpaired) electrons. The first-order chi connectivity index (χ1) is 14.2. The van der Waals surface area contributed by atoms with Gasteiger partial charge in [0.25, 0.3) is 0 Å². The van der Waals surface area contributed by atoms with Gasteiger partial charge in [0, 0.05) is 18.4 Å². The molecule has 1 N–H and O–H groups in total. The third-order valence-corrected chi connectivity index (χ3v) is 14.9. The van der Waals surface area contributed by atoms with Crippen LogP contribution in [0.3, 0.4) is 0 Å². The lowest BCUT2D eigenvalue weighted by Crippen LogP contribution is -2.59. The SMILES string of the molecule is CC(=O)[C@H]1CC[C@H]2[C@@H]3CC=C4C=C(O)CC[C@]4(C)[C@H]3[C@@H](O[Si](C)(C)C(C)(C)C)C[C@]12C. The molecule has 4 aliphatic rings. The number of hydrogen-bond acceptors (Lipinski definition) is 3. The van der Waals surface area contributed by atoms with E-state index >= 15 is 0 Å². The molecule has 0 heterocycles. The second-order valence-corrected chi connectivity index (χ2v) is 17.9. The number of aliphatic hydroxyl groups is 1. The lowest BCUT2D eigenvalue weighted by atomic mass is 9.47. The highest BCUT2D eigenvalue weighted by atomic mass is 28.4. The number of carbonyl (C=O) groups is 1. The van der Waals surface area contributed by atoms with Gasteiger partial charge in [-0.15, -0.1) is 0 Å². The molecule has 0 spiro atoms. The number of hydrogen-bond donors (Lipinski definition) is 1. The number of aliphatic hydroxyl groups excluding tert-OH is 1. The normalized spacial score (nSPS) is 42.8. The number of allylic oxidation sites excluding steroid dienone is 4. The van der Waals surface area contributed by atoms with Gasteiger partial charge in [0.2, 0.25) is 0 Å². The van der Waals surface area contributed by atoms with E-state index in [9.17, 15) is 9.90 Å². The summed E-state index contributed by atoms with van der Waals surface area (Å²) < 4.78 is 7.27. The van der Waals surface area contributed by atoms with Crippen molar-refractivity contribution < 1.29 is 14.3 Å². The van der Waals surface area contributed by atoms with Crippen molar-refractivity contribution in [2.24, 2.45) is 34.5 Å². The summed E-state index contributed by atoms with van der Waals surface area (Å²) in [5.74, 6) is 2.72. The topological polar surface area (TPSA) is 46.5 Å². The molecule has 0 amide bonds. The third kappa shape index (κ3) is 3.51. The Morgan fingerprint density at radius 1 is 1.23 bits per heavy atom. The molecule has 4 heteroatoms. The van der Waals surface area contributed by atoms with Crippen LogP contribution in [0, 0.1) is 34.5 Å². The van der Waals surface area contributed by atoms with Gasteiger partial charge in [-0.2, -0.15) is 0 Å². The summed E-state index contributed by atoms with van der Waals surface area (Å²) in [4.78, 5) is 12.7. The minimum atomic E-state index is -1.97. The van der Waals surface area contributed by atoms with Crippen molar-refractivity contribution in [3.8, 4) is 0 Å². The molecule has 0 aromatic heterocycles. The van der Waals surface area contributed by atoms with Crippen molar-refractivity contribution in [2.45, 2.75) is 104 Å². The summed E-state index contributed by atoms with van der Waals surface area (Å²) >= 11 is 0. The van der Waals surface area contributed by atoms with Crippen LogP contribution in [0.25, 0.3) is 0 Å². The standard InChI is InChI=1S/C27H44O3Si/c1-17(28)21-11-12-22-20-10-9-18-15-19(29)13-14-26(18,5)24(20)23(16-27(21,22)6)30-31(7,8)25(2,3)4/h9,15,20-24,29H,10-14,16H2,1-8H3/t20-,21+,22-,23-,24+,26-,27+/m0/s1. The van der Waals surface area contributed by atoms with Crippen molar-refractivity contribution in [3.63, 3.8) is 0 Å². The van der Waals surface area contributed by atoms with Gasteiger partial charge < -0.3 is 9.53 Å². The fourth-order valence-corrected chi connectivity index (χ4v) is 9.08. The van der Waals surface area contributed by atoms with Gasteiger partial charge in [-0.1, -0.05) is 40.7 Å². The third-order valence-electron chi connectivity index (χ3n) is 10.4. The van der Waals surface area contributed by atoms with E-state index in [4.69, 9.17) is 4.43 Å². The van der Waals surface area contributed by atoms with Crippen LogP contribution < -0.4 is 0 Å². The number of ketones is 1. The molecule has 2 fully saturated rings. The van der Waals surface area contributed by atoms with Crippen molar-refractivity contribution in [1.82, 2.24) is 0 Å². The Labute approximate surface area is 190 Å². The molecule has 174 valence electrons. The van der Waals surface area contributed by atoms with Crippen molar-refractivity contribution in [2.75, 3.05) is 0 Å². The summed E-state index contributed by atoms with van der Waals surface area (Å²) in [6.07, 6.45) is 10.7. The molecule has 0 saturated heterocycles. The van der Waals surface area contributed by atoms with Gasteiger partial charge in [0.05, 0.1) is 5.76 Å². The minimum Gasteiger partial charge on any atom is -0.512 e. The number of fused-ring (bicyclic) bond motifs is 5. The van der Waals surface area contributed by atoms with E-state index in [-0.39, 0.29) is 27.9 Å². The van der Waals surface area contributed by atoms with Crippen molar-refractivity contribution >= 4 is 14.1 Å². The molecule has 3 nitrogen and oxygen atoms in total. The molecule has 4 aliphatic carbocycles. The van der Waals surface area contributed by atoms with Crippen LogP contribution in [0.1, 0.15) is 80.1 Å². The van der Waals surface area contributed by atoms with E-state index in [0.717, 1.165) is 32.1 Å². The second kappa shape index (κ2) is 7.31. The molecule has 7 atom stereocenters. The Kier molecular flexibility index (Phi) is 5.50. The van der Waals surface area contributed by atoms with Gasteiger partial charge in [0.1, 0.15) is 5.78 Å². The monoisotopic (exact) mass is 444 g/mol. The molecule has 4 rings (SSSR count). The average Bonchev–Trinajstić information content (AvgIpc) is 2.97. The van der Waals surface area contributed by atoms with Gasteiger partial charge in [-0.3, -0.25) is 4.79 Å². The number of rotatable bonds is 3. The Morgan fingerprint density at radius 2 is 1.90 bits per heavy atom. The molecule has 0 aromatic rings. The first-order valence-corrected chi connectivity index (χ1v) is 15.4. The van der Waals surface area contributed by atoms with E-state index in [1.54, 1.807) is 0 Å². The second-order valence-electron chi connectivity index (χ2n) is 13.1. The molecular weight excluding hydrogens is 400 g/mol. The van der Waals surface area contributed by atoms with E-state index in [2.05, 4.69) is 53.8 Å². The number of carbonyl (C=O) groups excluding carboxylic acids is 1. The molecule has 0 aromatic carbocycles. The molecule has 0 unspecified atom stereocenters. The van der Waals surface area contributed by atoms with Crippen LogP contribution in [0.15, 0.2) is 23.5 Å². The van der Waals surface area contributed by atoms with Gasteiger partial charge in [-0.25, -0.2) is 0 Å². The summed E-state index contributed by atoms with van der Waals surface area (Å²) in [7, 11) is -1.97. The summed E-state index contributed by atoms with van der Waals surface area (Å²) in [6, 6.07) is 0. The Hall–Kier alpha value is -0.873. The minimum absolute atomic E-state index is 0.0500. The predicted octanol–water partition coefficient (Wildman–Crippen LogP) is 7.21. The largest absolute Gasteiger partial charge is 0.512 e. The van der Waals surface area contributed by atoms with Crippen LogP contribution in [0.4, 0.5) is 0 Å². The lowest BCUT2D eigenvalue weighted by Gasteiger charge is -2.61. The summed E-state index contributed by atoms with van der Waals surface area (Å²) in [6.45, 7) is 18.4. The zero-order valence-electron chi connectivity index (χ0n) is 21.0.